The zero-order valence-electron chi connectivity index (χ0n) is 9.18. The molecule has 0 saturated carbocycles. The Balaban J connectivity index is 1.98. The topological polar surface area (TPSA) is 60.2 Å². The third-order valence-corrected chi connectivity index (χ3v) is 2.77. The lowest BCUT2D eigenvalue weighted by atomic mass is 10.1. The lowest BCUT2D eigenvalue weighted by molar-refractivity contribution is -0.0236. The molecule has 1 unspecified atom stereocenters. The zero-order valence-corrected chi connectivity index (χ0v) is 9.18. The molecule has 1 atom stereocenters. The number of hydrogen-bond acceptors (Lipinski definition) is 4. The van der Waals surface area contributed by atoms with E-state index in [0.29, 0.717) is 12.4 Å². The predicted octanol–water partition coefficient (Wildman–Crippen LogP) is 0.728. The smallest absolute Gasteiger partial charge is 0.152 e. The first-order valence-corrected chi connectivity index (χ1v) is 5.26. The highest BCUT2D eigenvalue weighted by Gasteiger charge is 2.32. The van der Waals surface area contributed by atoms with Crippen LogP contribution >= 0.6 is 0 Å². The van der Waals surface area contributed by atoms with Crippen molar-refractivity contribution in [1.82, 2.24) is 14.8 Å². The fraction of sp³-hybridized carbons (Fsp3) is 0.800. The number of aromatic nitrogens is 3. The summed E-state index contributed by atoms with van der Waals surface area (Å²) in [5.74, 6) is 0.600. The summed E-state index contributed by atoms with van der Waals surface area (Å²) in [6, 6.07) is 0. The van der Waals surface area contributed by atoms with Crippen LogP contribution in [0.25, 0.3) is 0 Å². The van der Waals surface area contributed by atoms with E-state index >= 15 is 0 Å². The minimum atomic E-state index is -0.0733. The first-order valence-electron chi connectivity index (χ1n) is 5.26. The standard InChI is InChI=1S/C10H17N3O2/c1-10(2)4-3-8(15-10)5-13-9(6-14)11-7-12-13/h7-8,14H,3-6H2,1-2H3. The highest BCUT2D eigenvalue weighted by Crippen LogP contribution is 2.29. The van der Waals surface area contributed by atoms with E-state index < -0.39 is 0 Å². The van der Waals surface area contributed by atoms with Gasteiger partial charge in [-0.05, 0) is 26.7 Å². The Labute approximate surface area is 89.1 Å². The SMILES string of the molecule is CC1(C)CCC(Cn2ncnc2CO)O1. The summed E-state index contributed by atoms with van der Waals surface area (Å²) in [6.45, 7) is 4.80. The Morgan fingerprint density at radius 2 is 2.47 bits per heavy atom. The second-order valence-electron chi connectivity index (χ2n) is 4.55. The van der Waals surface area contributed by atoms with Crippen LogP contribution in [0.15, 0.2) is 6.33 Å². The maximum Gasteiger partial charge on any atom is 0.152 e. The fourth-order valence-corrected chi connectivity index (χ4v) is 1.96. The quantitative estimate of drug-likeness (QED) is 0.800. The molecule has 0 bridgehead atoms. The molecule has 0 amide bonds. The molecule has 15 heavy (non-hydrogen) atoms. The highest BCUT2D eigenvalue weighted by atomic mass is 16.5. The van der Waals surface area contributed by atoms with Gasteiger partial charge < -0.3 is 9.84 Å². The molecule has 1 aromatic rings. The normalized spacial score (nSPS) is 24.6. The molecule has 1 fully saturated rings. The lowest BCUT2D eigenvalue weighted by Gasteiger charge is -2.19. The summed E-state index contributed by atoms with van der Waals surface area (Å²) in [5, 5.41) is 13.1. The van der Waals surface area contributed by atoms with Crippen LogP contribution in [0.5, 0.6) is 0 Å². The maximum absolute atomic E-state index is 9.02. The molecule has 0 aliphatic carbocycles. The largest absolute Gasteiger partial charge is 0.388 e. The average molecular weight is 211 g/mol. The van der Waals surface area contributed by atoms with Crippen LogP contribution in [-0.2, 0) is 17.9 Å². The number of rotatable bonds is 3. The van der Waals surface area contributed by atoms with Crippen molar-refractivity contribution in [1.29, 1.82) is 0 Å². The van der Waals surface area contributed by atoms with Gasteiger partial charge in [-0.3, -0.25) is 0 Å². The Bertz CT molecular complexity index is 335. The van der Waals surface area contributed by atoms with Crippen molar-refractivity contribution in [2.24, 2.45) is 0 Å². The molecule has 0 aromatic carbocycles. The van der Waals surface area contributed by atoms with Crippen molar-refractivity contribution >= 4 is 0 Å². The molecule has 2 rings (SSSR count). The Morgan fingerprint density at radius 3 is 3.07 bits per heavy atom. The van der Waals surface area contributed by atoms with E-state index in [-0.39, 0.29) is 18.3 Å². The zero-order chi connectivity index (χ0) is 10.9. The van der Waals surface area contributed by atoms with Crippen molar-refractivity contribution in [3.63, 3.8) is 0 Å². The van der Waals surface area contributed by atoms with E-state index in [1.54, 1.807) is 4.68 Å². The van der Waals surface area contributed by atoms with Gasteiger partial charge in [0, 0.05) is 0 Å². The van der Waals surface area contributed by atoms with Gasteiger partial charge in [0.25, 0.3) is 0 Å². The minimum Gasteiger partial charge on any atom is -0.388 e. The van der Waals surface area contributed by atoms with Crippen molar-refractivity contribution in [2.45, 2.75) is 51.5 Å². The Morgan fingerprint density at radius 1 is 1.67 bits per heavy atom. The molecule has 0 radical (unpaired) electrons. The number of hydrogen-bond donors (Lipinski definition) is 1. The van der Waals surface area contributed by atoms with Crippen molar-refractivity contribution in [3.05, 3.63) is 12.2 Å². The van der Waals surface area contributed by atoms with Crippen LogP contribution in [0.4, 0.5) is 0 Å². The number of aliphatic hydroxyl groups excluding tert-OH is 1. The van der Waals surface area contributed by atoms with Gasteiger partial charge in [0.05, 0.1) is 18.2 Å². The molecule has 1 N–H and O–H groups in total. The summed E-state index contributed by atoms with van der Waals surface area (Å²) >= 11 is 0. The molecule has 5 nitrogen and oxygen atoms in total. The maximum atomic E-state index is 9.02. The third kappa shape index (κ3) is 2.35. The molecular formula is C10H17N3O2. The van der Waals surface area contributed by atoms with Gasteiger partial charge in [0.2, 0.25) is 0 Å². The molecular weight excluding hydrogens is 194 g/mol. The number of nitrogens with zero attached hydrogens (tertiary/aromatic N) is 3. The van der Waals surface area contributed by atoms with E-state index in [1.165, 1.54) is 6.33 Å². The van der Waals surface area contributed by atoms with Gasteiger partial charge in [-0.2, -0.15) is 5.10 Å². The van der Waals surface area contributed by atoms with Gasteiger partial charge >= 0.3 is 0 Å². The van der Waals surface area contributed by atoms with Gasteiger partial charge in [-0.1, -0.05) is 0 Å². The van der Waals surface area contributed by atoms with Gasteiger partial charge in [0.1, 0.15) is 12.9 Å². The summed E-state index contributed by atoms with van der Waals surface area (Å²) in [6.07, 6.45) is 3.76. The molecule has 1 aliphatic rings. The Hall–Kier alpha value is -0.940. The van der Waals surface area contributed by atoms with Crippen molar-refractivity contribution in [3.8, 4) is 0 Å². The second-order valence-corrected chi connectivity index (χ2v) is 4.55. The van der Waals surface area contributed by atoms with Gasteiger partial charge in [-0.15, -0.1) is 0 Å². The van der Waals surface area contributed by atoms with E-state index in [0.717, 1.165) is 12.8 Å². The molecule has 1 aliphatic heterocycles. The van der Waals surface area contributed by atoms with Gasteiger partial charge in [0.15, 0.2) is 5.82 Å². The molecule has 1 saturated heterocycles. The van der Waals surface area contributed by atoms with Crippen LogP contribution in [0.1, 0.15) is 32.5 Å². The summed E-state index contributed by atoms with van der Waals surface area (Å²) < 4.78 is 7.57. The van der Waals surface area contributed by atoms with E-state index in [2.05, 4.69) is 23.9 Å². The monoisotopic (exact) mass is 211 g/mol. The van der Waals surface area contributed by atoms with E-state index in [1.807, 2.05) is 0 Å². The molecule has 1 aromatic heterocycles. The number of aliphatic hydroxyl groups is 1. The summed E-state index contributed by atoms with van der Waals surface area (Å²) in [4.78, 5) is 3.96. The molecule has 5 heteroatoms. The van der Waals surface area contributed by atoms with Crippen LogP contribution in [0.2, 0.25) is 0 Å². The predicted molar refractivity (Wildman–Crippen MR) is 54.1 cm³/mol. The highest BCUT2D eigenvalue weighted by molar-refractivity contribution is 4.85. The van der Waals surface area contributed by atoms with E-state index in [9.17, 15) is 0 Å². The molecule has 84 valence electrons. The van der Waals surface area contributed by atoms with Crippen LogP contribution in [0, 0.1) is 0 Å². The first kappa shape index (κ1) is 10.6. The minimum absolute atomic E-state index is 0.0232. The lowest BCUT2D eigenvalue weighted by Crippen LogP contribution is -2.24. The first-order chi connectivity index (χ1) is 7.11. The van der Waals surface area contributed by atoms with Crippen LogP contribution in [-0.4, -0.2) is 31.6 Å². The Kier molecular flexibility index (Phi) is 2.75. The molecule has 0 spiro atoms. The summed E-state index contributed by atoms with van der Waals surface area (Å²) in [7, 11) is 0. The van der Waals surface area contributed by atoms with Crippen LogP contribution < -0.4 is 0 Å². The van der Waals surface area contributed by atoms with Crippen LogP contribution in [0.3, 0.4) is 0 Å². The fourth-order valence-electron chi connectivity index (χ4n) is 1.96. The third-order valence-electron chi connectivity index (χ3n) is 2.77. The summed E-state index contributed by atoms with van der Waals surface area (Å²) in [5.41, 5.74) is -0.0232. The van der Waals surface area contributed by atoms with E-state index in [4.69, 9.17) is 9.84 Å². The van der Waals surface area contributed by atoms with Crippen molar-refractivity contribution < 1.29 is 9.84 Å². The number of ether oxygens (including phenoxy) is 1. The van der Waals surface area contributed by atoms with Gasteiger partial charge in [-0.25, -0.2) is 9.67 Å². The second kappa shape index (κ2) is 3.90. The van der Waals surface area contributed by atoms with Crippen molar-refractivity contribution in [2.75, 3.05) is 0 Å². The molecule has 2 heterocycles. The average Bonchev–Trinajstić information content (AvgIpc) is 2.73.